The zero-order chi connectivity index (χ0) is 25.3. The minimum Gasteiger partial charge on any atom is -0.485 e. The first-order valence-corrected chi connectivity index (χ1v) is 11.3. The van der Waals surface area contributed by atoms with E-state index in [0.29, 0.717) is 16.5 Å². The van der Waals surface area contributed by atoms with Gasteiger partial charge in [-0.3, -0.25) is 14.2 Å². The molecule has 0 aliphatic carbocycles. The summed E-state index contributed by atoms with van der Waals surface area (Å²) < 4.78 is 7.60. The Morgan fingerprint density at radius 1 is 1.17 bits per heavy atom. The number of aliphatic carboxylic acids is 1. The lowest BCUT2D eigenvalue weighted by Gasteiger charge is -2.21. The third kappa shape index (κ3) is 5.12. The topological polar surface area (TPSA) is 133 Å². The fourth-order valence-electron chi connectivity index (χ4n) is 3.76. The lowest BCUT2D eigenvalue weighted by molar-refractivity contribution is -0.142. The van der Waals surface area contributed by atoms with Crippen LogP contribution in [0.15, 0.2) is 52.1 Å². The van der Waals surface area contributed by atoms with Crippen LogP contribution in [0.4, 0.5) is 11.6 Å². The highest BCUT2D eigenvalue weighted by molar-refractivity contribution is 6.30. The van der Waals surface area contributed by atoms with Crippen LogP contribution in [0.1, 0.15) is 31.0 Å². The van der Waals surface area contributed by atoms with Gasteiger partial charge in [-0.1, -0.05) is 29.8 Å². The van der Waals surface area contributed by atoms with Crippen LogP contribution in [0, 0.1) is 5.92 Å². The Bertz CT molecular complexity index is 1410. The van der Waals surface area contributed by atoms with Gasteiger partial charge in [0.25, 0.3) is 0 Å². The van der Waals surface area contributed by atoms with E-state index < -0.39 is 29.3 Å². The number of nitrogens with one attached hydrogen (secondary N) is 1. The summed E-state index contributed by atoms with van der Waals surface area (Å²) in [5.41, 5.74) is 0.384. The van der Waals surface area contributed by atoms with Gasteiger partial charge in [0, 0.05) is 28.8 Å². The molecule has 35 heavy (non-hydrogen) atoms. The standard InChI is InChI=1S/C24H23ClN4O6/c1-13(21(31)32)14(2)29-23(33)27-22(28(24(29)34)11-15-3-6-17(25)7-4-15)26-18-8-5-16-9-19(30)12-35-20(16)10-18/h3-8,10,13-14H,9,11-12H2,1-2H3,(H,31,32)(H,26,27,33)/t13-,14+/m1/s1. The summed E-state index contributed by atoms with van der Waals surface area (Å²) in [4.78, 5) is 53.5. The molecule has 0 fully saturated rings. The Kier molecular flexibility index (Phi) is 6.74. The van der Waals surface area contributed by atoms with E-state index in [-0.39, 0.29) is 31.3 Å². The number of carboxylic acids is 1. The van der Waals surface area contributed by atoms with Crippen molar-refractivity contribution in [2.24, 2.45) is 5.92 Å². The largest absolute Gasteiger partial charge is 0.485 e. The van der Waals surface area contributed by atoms with E-state index in [1.165, 1.54) is 18.4 Å². The van der Waals surface area contributed by atoms with Crippen molar-refractivity contribution in [1.82, 2.24) is 14.1 Å². The molecule has 0 unspecified atom stereocenters. The predicted molar refractivity (Wildman–Crippen MR) is 129 cm³/mol. The molecule has 2 atom stereocenters. The molecular formula is C24H23ClN4O6. The highest BCUT2D eigenvalue weighted by Crippen LogP contribution is 2.28. The van der Waals surface area contributed by atoms with Crippen LogP contribution in [-0.2, 0) is 22.6 Å². The predicted octanol–water partition coefficient (Wildman–Crippen LogP) is 2.64. The average Bonchev–Trinajstić information content (AvgIpc) is 2.82. The number of anilines is 2. The van der Waals surface area contributed by atoms with Crippen molar-refractivity contribution in [2.75, 3.05) is 11.9 Å². The van der Waals surface area contributed by atoms with Crippen LogP contribution in [0.25, 0.3) is 0 Å². The summed E-state index contributed by atoms with van der Waals surface area (Å²) in [6.45, 7) is 2.94. The number of hydrogen-bond donors (Lipinski definition) is 2. The van der Waals surface area contributed by atoms with E-state index in [1.807, 2.05) is 0 Å². The molecule has 182 valence electrons. The molecule has 0 radical (unpaired) electrons. The van der Waals surface area contributed by atoms with Gasteiger partial charge in [0.2, 0.25) is 5.95 Å². The summed E-state index contributed by atoms with van der Waals surface area (Å²) >= 11 is 5.98. The average molecular weight is 499 g/mol. The number of ketones is 1. The maximum Gasteiger partial charge on any atom is 0.355 e. The van der Waals surface area contributed by atoms with Gasteiger partial charge >= 0.3 is 17.3 Å². The zero-order valence-corrected chi connectivity index (χ0v) is 19.8. The Balaban J connectivity index is 1.79. The van der Waals surface area contributed by atoms with Crippen molar-refractivity contribution >= 4 is 35.0 Å². The molecule has 1 aromatic heterocycles. The van der Waals surface area contributed by atoms with E-state index in [2.05, 4.69) is 10.3 Å². The van der Waals surface area contributed by atoms with Gasteiger partial charge in [-0.15, -0.1) is 0 Å². The number of aromatic nitrogens is 3. The van der Waals surface area contributed by atoms with Crippen molar-refractivity contribution in [2.45, 2.75) is 32.9 Å². The van der Waals surface area contributed by atoms with Crippen LogP contribution in [0.5, 0.6) is 5.75 Å². The molecule has 10 nitrogen and oxygen atoms in total. The maximum absolute atomic E-state index is 13.5. The first-order valence-electron chi connectivity index (χ1n) is 10.9. The number of carboxylic acid groups (broad SMARTS) is 1. The Hall–Kier alpha value is -3.92. The van der Waals surface area contributed by atoms with Crippen LogP contribution < -0.4 is 21.4 Å². The second-order valence-electron chi connectivity index (χ2n) is 8.40. The third-order valence-electron chi connectivity index (χ3n) is 5.97. The second kappa shape index (κ2) is 9.75. The molecule has 0 bridgehead atoms. The number of carbonyl (C=O) groups is 2. The summed E-state index contributed by atoms with van der Waals surface area (Å²) in [6, 6.07) is 11.0. The van der Waals surface area contributed by atoms with E-state index in [9.17, 15) is 24.3 Å². The van der Waals surface area contributed by atoms with Gasteiger partial charge < -0.3 is 15.2 Å². The van der Waals surface area contributed by atoms with Crippen molar-refractivity contribution < 1.29 is 19.4 Å². The molecular weight excluding hydrogens is 476 g/mol. The van der Waals surface area contributed by atoms with E-state index >= 15 is 0 Å². The quantitative estimate of drug-likeness (QED) is 0.508. The molecule has 2 heterocycles. The van der Waals surface area contributed by atoms with Crippen molar-refractivity contribution in [3.63, 3.8) is 0 Å². The molecule has 1 aliphatic rings. The van der Waals surface area contributed by atoms with Crippen molar-refractivity contribution in [1.29, 1.82) is 0 Å². The Morgan fingerprint density at radius 3 is 2.57 bits per heavy atom. The third-order valence-corrected chi connectivity index (χ3v) is 6.23. The minimum atomic E-state index is -1.14. The Morgan fingerprint density at radius 2 is 1.89 bits per heavy atom. The molecule has 0 spiro atoms. The van der Waals surface area contributed by atoms with Gasteiger partial charge in [-0.05, 0) is 37.6 Å². The number of halogens is 1. The highest BCUT2D eigenvalue weighted by atomic mass is 35.5. The summed E-state index contributed by atoms with van der Waals surface area (Å²) in [7, 11) is 0. The van der Waals surface area contributed by atoms with Gasteiger partial charge in [0.05, 0.1) is 18.5 Å². The van der Waals surface area contributed by atoms with E-state index in [1.54, 1.807) is 42.5 Å². The number of ether oxygens (including phenoxy) is 1. The smallest absolute Gasteiger partial charge is 0.355 e. The number of fused-ring (bicyclic) bond motifs is 1. The number of Topliss-reactive ketones (excluding diaryl/α,β-unsaturated/α-hetero) is 1. The fraction of sp³-hybridized carbons (Fsp3) is 0.292. The molecule has 2 aromatic carbocycles. The van der Waals surface area contributed by atoms with Crippen LogP contribution in [-0.4, -0.2) is 37.6 Å². The summed E-state index contributed by atoms with van der Waals surface area (Å²) in [5, 5.41) is 12.9. The molecule has 0 saturated carbocycles. The van der Waals surface area contributed by atoms with Crippen molar-refractivity contribution in [3.05, 3.63) is 79.6 Å². The fourth-order valence-corrected chi connectivity index (χ4v) is 3.89. The van der Waals surface area contributed by atoms with Gasteiger partial charge in [-0.25, -0.2) is 14.2 Å². The van der Waals surface area contributed by atoms with E-state index in [4.69, 9.17) is 16.3 Å². The number of hydrogen-bond acceptors (Lipinski definition) is 7. The SMILES string of the molecule is C[C@@H](C(=O)O)[C@H](C)n1c(=O)nc(Nc2ccc3c(c2)OCC(=O)C3)n(Cc2ccc(Cl)cc2)c1=O. The van der Waals surface area contributed by atoms with E-state index in [0.717, 1.165) is 15.7 Å². The normalized spacial score (nSPS) is 14.5. The lowest BCUT2D eigenvalue weighted by atomic mass is 10.0. The maximum atomic E-state index is 13.5. The Labute approximate surface area is 204 Å². The molecule has 0 amide bonds. The molecule has 0 saturated heterocycles. The van der Waals surface area contributed by atoms with Crippen LogP contribution in [0.2, 0.25) is 5.02 Å². The van der Waals surface area contributed by atoms with Crippen molar-refractivity contribution in [3.8, 4) is 5.75 Å². The van der Waals surface area contributed by atoms with Gasteiger partial charge in [0.15, 0.2) is 5.78 Å². The van der Waals surface area contributed by atoms with Gasteiger partial charge in [0.1, 0.15) is 12.4 Å². The molecule has 11 heteroatoms. The minimum absolute atomic E-state index is 0.0202. The van der Waals surface area contributed by atoms with Gasteiger partial charge in [-0.2, -0.15) is 4.98 Å². The number of rotatable bonds is 7. The lowest BCUT2D eigenvalue weighted by Crippen LogP contribution is -2.46. The zero-order valence-electron chi connectivity index (χ0n) is 19.0. The van der Waals surface area contributed by atoms with Crippen LogP contribution in [0.3, 0.4) is 0 Å². The number of benzene rings is 2. The summed E-state index contributed by atoms with van der Waals surface area (Å²) in [5.74, 6) is -1.65. The van der Waals surface area contributed by atoms with Crippen LogP contribution >= 0.6 is 11.6 Å². The summed E-state index contributed by atoms with van der Waals surface area (Å²) in [6.07, 6.45) is 0.269. The first-order chi connectivity index (χ1) is 16.6. The highest BCUT2D eigenvalue weighted by Gasteiger charge is 2.26. The first kappa shape index (κ1) is 24.2. The monoisotopic (exact) mass is 498 g/mol. The number of nitrogens with zero attached hydrogens (tertiary/aromatic N) is 3. The molecule has 2 N–H and O–H groups in total. The molecule has 4 rings (SSSR count). The second-order valence-corrected chi connectivity index (χ2v) is 8.84. The molecule has 1 aliphatic heterocycles. The molecule has 3 aromatic rings. The number of carbonyl (C=O) groups excluding carboxylic acids is 1.